The van der Waals surface area contributed by atoms with Gasteiger partial charge < -0.3 is 26.8 Å². The lowest BCUT2D eigenvalue weighted by Gasteiger charge is -2.26. The highest BCUT2D eigenvalue weighted by Gasteiger charge is 2.40. The lowest BCUT2D eigenvalue weighted by Crippen LogP contribution is -3.00. The Bertz CT molecular complexity index is 1580. The molecule has 36 heavy (non-hydrogen) atoms. The number of hydrogen-bond donors (Lipinski definition) is 1. The summed E-state index contributed by atoms with van der Waals surface area (Å²) >= 11 is 0. The van der Waals surface area contributed by atoms with E-state index in [1.165, 1.54) is 0 Å². The zero-order chi connectivity index (χ0) is 24.3. The number of carbonyl (C=O) groups excluding carboxylic acids is 1. The molecule has 0 radical (unpaired) electrons. The average Bonchev–Trinajstić information content (AvgIpc) is 3.16. The van der Waals surface area contributed by atoms with Gasteiger partial charge in [0.25, 0.3) is 5.56 Å². The minimum absolute atomic E-state index is 0. The van der Waals surface area contributed by atoms with Crippen molar-refractivity contribution in [1.82, 2.24) is 9.55 Å². The molecule has 1 N–H and O–H groups in total. The maximum Gasteiger partial charge on any atom is 0.309 e. The normalized spacial score (nSPS) is 18.0. The number of carbonyl (C=O) groups is 1. The van der Waals surface area contributed by atoms with Gasteiger partial charge in [0.1, 0.15) is 12.2 Å². The molecule has 0 amide bonds. The molecule has 2 aliphatic heterocycles. The third-order valence-electron chi connectivity index (χ3n) is 7.34. The predicted octanol–water partition coefficient (Wildman–Crippen LogP) is 0.118. The number of halogens is 1. The SMILES string of the molecule is CCC1(O)CC(=O)OCc2c1cc1n(c2=O)Cc2c-1nc1ccc(C)cc1c2C[n+]1ccccc1.[Cl-]. The van der Waals surface area contributed by atoms with Gasteiger partial charge in [0.05, 0.1) is 35.4 Å². The summed E-state index contributed by atoms with van der Waals surface area (Å²) in [6, 6.07) is 14.0. The lowest BCUT2D eigenvalue weighted by molar-refractivity contribution is -0.688. The van der Waals surface area contributed by atoms with Gasteiger partial charge in [-0.05, 0) is 37.1 Å². The van der Waals surface area contributed by atoms with E-state index < -0.39 is 11.6 Å². The summed E-state index contributed by atoms with van der Waals surface area (Å²) in [5, 5.41) is 12.4. The largest absolute Gasteiger partial charge is 1.00 e. The van der Waals surface area contributed by atoms with Crippen molar-refractivity contribution in [3.63, 3.8) is 0 Å². The number of fused-ring (bicyclic) bond motifs is 5. The number of pyridine rings is 3. The van der Waals surface area contributed by atoms with Crippen LogP contribution >= 0.6 is 0 Å². The molecule has 3 aromatic heterocycles. The van der Waals surface area contributed by atoms with E-state index >= 15 is 0 Å². The third kappa shape index (κ3) is 3.70. The van der Waals surface area contributed by atoms with Gasteiger partial charge in [0, 0.05) is 28.6 Å². The molecule has 1 unspecified atom stereocenters. The van der Waals surface area contributed by atoms with Gasteiger partial charge in [-0.15, -0.1) is 0 Å². The number of esters is 1. The van der Waals surface area contributed by atoms with Crippen LogP contribution in [-0.2, 0) is 34.8 Å². The van der Waals surface area contributed by atoms with Gasteiger partial charge in [-0.25, -0.2) is 9.55 Å². The summed E-state index contributed by atoms with van der Waals surface area (Å²) in [5.41, 5.74) is 4.70. The Balaban J connectivity index is 0.00000267. The van der Waals surface area contributed by atoms with Crippen LogP contribution < -0.4 is 22.5 Å². The van der Waals surface area contributed by atoms with Gasteiger partial charge in [0.2, 0.25) is 0 Å². The molecule has 8 heteroatoms. The van der Waals surface area contributed by atoms with E-state index in [1.54, 1.807) is 4.57 Å². The molecular weight excluding hydrogens is 478 g/mol. The van der Waals surface area contributed by atoms with Crippen LogP contribution in [0.15, 0.2) is 59.7 Å². The van der Waals surface area contributed by atoms with Gasteiger partial charge in [0.15, 0.2) is 18.9 Å². The van der Waals surface area contributed by atoms with Gasteiger partial charge in [-0.2, -0.15) is 0 Å². The fourth-order valence-corrected chi connectivity index (χ4v) is 5.38. The molecule has 1 atom stereocenters. The van der Waals surface area contributed by atoms with Crippen molar-refractivity contribution >= 4 is 16.9 Å². The van der Waals surface area contributed by atoms with Crippen LogP contribution in [0.5, 0.6) is 0 Å². The summed E-state index contributed by atoms with van der Waals surface area (Å²) < 4.78 is 9.12. The van der Waals surface area contributed by atoms with Crippen LogP contribution in [0.2, 0.25) is 0 Å². The molecular formula is C28H26ClN3O4. The first-order chi connectivity index (χ1) is 16.9. The van der Waals surface area contributed by atoms with E-state index in [0.29, 0.717) is 36.3 Å². The molecule has 0 saturated carbocycles. The summed E-state index contributed by atoms with van der Waals surface area (Å²) in [6.45, 7) is 4.77. The number of rotatable bonds is 3. The molecule has 1 aromatic carbocycles. The third-order valence-corrected chi connectivity index (χ3v) is 7.34. The summed E-state index contributed by atoms with van der Waals surface area (Å²) in [7, 11) is 0. The fourth-order valence-electron chi connectivity index (χ4n) is 5.38. The fraction of sp³-hybridized carbons (Fsp3) is 0.286. The van der Waals surface area contributed by atoms with Gasteiger partial charge >= 0.3 is 5.97 Å². The Labute approximate surface area is 214 Å². The van der Waals surface area contributed by atoms with E-state index in [-0.39, 0.29) is 31.0 Å². The topological polar surface area (TPSA) is 85.3 Å². The lowest BCUT2D eigenvalue weighted by atomic mass is 9.85. The number of aromatic nitrogens is 3. The highest BCUT2D eigenvalue weighted by atomic mass is 35.5. The van der Waals surface area contributed by atoms with Crippen molar-refractivity contribution in [1.29, 1.82) is 0 Å². The molecule has 0 spiro atoms. The monoisotopic (exact) mass is 503 g/mol. The maximum absolute atomic E-state index is 13.7. The Kier molecular flexibility index (Phi) is 5.93. The van der Waals surface area contributed by atoms with E-state index in [9.17, 15) is 14.7 Å². The molecule has 4 aromatic rings. The van der Waals surface area contributed by atoms with Crippen molar-refractivity contribution in [2.24, 2.45) is 0 Å². The Morgan fingerprint density at radius 3 is 2.67 bits per heavy atom. The summed E-state index contributed by atoms with van der Waals surface area (Å²) in [6.07, 6.45) is 4.18. The molecule has 5 heterocycles. The number of cyclic esters (lactones) is 1. The van der Waals surface area contributed by atoms with Crippen LogP contribution in [-0.4, -0.2) is 20.6 Å². The Morgan fingerprint density at radius 1 is 1.14 bits per heavy atom. The predicted molar refractivity (Wildman–Crippen MR) is 130 cm³/mol. The summed E-state index contributed by atoms with van der Waals surface area (Å²) in [4.78, 5) is 30.9. The van der Waals surface area contributed by atoms with Crippen molar-refractivity contribution < 1.29 is 31.6 Å². The molecule has 0 aliphatic carbocycles. The summed E-state index contributed by atoms with van der Waals surface area (Å²) in [5.74, 6) is -0.503. The second kappa shape index (κ2) is 8.84. The first kappa shape index (κ1) is 24.2. The first-order valence-corrected chi connectivity index (χ1v) is 11.9. The van der Waals surface area contributed by atoms with E-state index in [4.69, 9.17) is 9.72 Å². The standard InChI is InChI=1S/C28H26N3O4.ClH/c1-3-28(34)13-25(32)35-16-21-22(28)12-24-26-20(15-31(24)27(21)33)19(14-30-9-5-4-6-10-30)18-11-17(2)7-8-23(18)29-26;/h4-12,34H,3,13-16H2,1-2H3;1H/q+1;/p-1. The van der Waals surface area contributed by atoms with Crippen LogP contribution in [0.1, 0.15) is 47.6 Å². The number of aryl methyl sites for hydroxylation is 1. The quantitative estimate of drug-likeness (QED) is 0.279. The molecule has 0 saturated heterocycles. The van der Waals surface area contributed by atoms with Crippen molar-refractivity contribution in [3.05, 3.63) is 93.0 Å². The van der Waals surface area contributed by atoms with Gasteiger partial charge in [-0.3, -0.25) is 9.59 Å². The maximum atomic E-state index is 13.7. The van der Waals surface area contributed by atoms with Crippen LogP contribution in [0.3, 0.4) is 0 Å². The molecule has 7 nitrogen and oxygen atoms in total. The number of ether oxygens (including phenoxy) is 1. The number of benzene rings is 1. The molecule has 2 aliphatic rings. The van der Waals surface area contributed by atoms with Crippen LogP contribution in [0.4, 0.5) is 0 Å². The Hall–Kier alpha value is -3.55. The van der Waals surface area contributed by atoms with Gasteiger partial charge in [-0.1, -0.05) is 24.6 Å². The van der Waals surface area contributed by atoms with Crippen LogP contribution in [0.25, 0.3) is 22.3 Å². The van der Waals surface area contributed by atoms with E-state index in [0.717, 1.165) is 33.3 Å². The number of aliphatic hydroxyl groups is 1. The average molecular weight is 504 g/mol. The second-order valence-electron chi connectivity index (χ2n) is 9.52. The molecule has 0 bridgehead atoms. The first-order valence-electron chi connectivity index (χ1n) is 11.9. The van der Waals surface area contributed by atoms with Crippen LogP contribution in [0, 0.1) is 6.92 Å². The minimum Gasteiger partial charge on any atom is -1.00 e. The second-order valence-corrected chi connectivity index (χ2v) is 9.52. The van der Waals surface area contributed by atoms with Crippen molar-refractivity contribution in [2.75, 3.05) is 0 Å². The highest BCUT2D eigenvalue weighted by molar-refractivity contribution is 5.88. The Morgan fingerprint density at radius 2 is 1.92 bits per heavy atom. The number of nitrogens with zero attached hydrogens (tertiary/aromatic N) is 3. The van der Waals surface area contributed by atoms with E-state index in [2.05, 4.69) is 17.6 Å². The van der Waals surface area contributed by atoms with Crippen molar-refractivity contribution in [2.45, 2.75) is 52.0 Å². The zero-order valence-electron chi connectivity index (χ0n) is 20.1. The minimum atomic E-state index is -1.45. The zero-order valence-corrected chi connectivity index (χ0v) is 20.9. The smallest absolute Gasteiger partial charge is 0.309 e. The highest BCUT2D eigenvalue weighted by Crippen LogP contribution is 2.40. The number of hydrogen-bond acceptors (Lipinski definition) is 5. The molecule has 6 rings (SSSR count). The van der Waals surface area contributed by atoms with E-state index in [1.807, 2.05) is 55.7 Å². The van der Waals surface area contributed by atoms with Crippen molar-refractivity contribution in [3.8, 4) is 11.4 Å². The molecule has 184 valence electrons. The molecule has 0 fully saturated rings.